The number of thiophene rings is 1. The van der Waals surface area contributed by atoms with E-state index in [-0.39, 0.29) is 11.8 Å². The van der Waals surface area contributed by atoms with E-state index in [4.69, 9.17) is 14.5 Å². The fraction of sp³-hybridized carbons (Fsp3) is 0.565. The van der Waals surface area contributed by atoms with Gasteiger partial charge in [-0.2, -0.15) is 5.10 Å². The number of nitrogens with one attached hydrogen (secondary N) is 2. The third kappa shape index (κ3) is 4.56. The summed E-state index contributed by atoms with van der Waals surface area (Å²) in [6, 6.07) is 6.40. The van der Waals surface area contributed by atoms with Crippen LogP contribution in [0.1, 0.15) is 46.3 Å². The van der Waals surface area contributed by atoms with Gasteiger partial charge in [0.1, 0.15) is 5.82 Å². The Bertz CT molecular complexity index is 1040. The molecule has 0 aliphatic carbocycles. The summed E-state index contributed by atoms with van der Waals surface area (Å²) in [5.74, 6) is 1.47. The topological polar surface area (TPSA) is 73.2 Å². The Balaban J connectivity index is 1.51. The van der Waals surface area contributed by atoms with Crippen molar-refractivity contribution in [2.75, 3.05) is 37.0 Å². The van der Waals surface area contributed by atoms with Gasteiger partial charge < -0.3 is 20.1 Å². The summed E-state index contributed by atoms with van der Waals surface area (Å²) in [7, 11) is 0. The number of anilines is 2. The molecule has 5 rings (SSSR count). The highest BCUT2D eigenvalue weighted by molar-refractivity contribution is 7.22. The van der Waals surface area contributed by atoms with Crippen LogP contribution in [0.25, 0.3) is 20.8 Å². The Morgan fingerprint density at radius 2 is 2.10 bits per heavy atom. The molecule has 2 aliphatic rings. The van der Waals surface area contributed by atoms with Gasteiger partial charge in [-0.3, -0.25) is 0 Å². The van der Waals surface area contributed by atoms with E-state index in [2.05, 4.69) is 54.7 Å². The van der Waals surface area contributed by atoms with Crippen LogP contribution >= 0.6 is 11.3 Å². The van der Waals surface area contributed by atoms with Gasteiger partial charge >= 0.3 is 0 Å². The molecule has 2 aliphatic heterocycles. The van der Waals surface area contributed by atoms with Crippen molar-refractivity contribution in [3.63, 3.8) is 0 Å². The Kier molecular flexibility index (Phi) is 5.62. The Morgan fingerprint density at radius 1 is 1.23 bits per heavy atom. The quantitative estimate of drug-likeness (QED) is 0.553. The maximum atomic E-state index is 6.00. The standard InChI is InChI=1S/C23H31N5O2S/c1-23(2,3)27-20-11-16(24-12-15-13-29-14-15)22-17(26-20)10-19(31-22)18-7-8-25-28(18)21-6-4-5-9-30-21/h7-8,10-11,15,21H,4-6,9,12-14H2,1-3H3,(H2,24,26,27). The van der Waals surface area contributed by atoms with E-state index in [9.17, 15) is 0 Å². The van der Waals surface area contributed by atoms with Gasteiger partial charge in [-0.05, 0) is 52.2 Å². The number of rotatable bonds is 6. The number of hydrogen-bond acceptors (Lipinski definition) is 7. The number of nitrogens with zero attached hydrogens (tertiary/aromatic N) is 3. The van der Waals surface area contributed by atoms with Crippen molar-refractivity contribution in [3.05, 3.63) is 24.4 Å². The molecule has 8 heteroatoms. The second-order valence-corrected chi connectivity index (χ2v) is 10.6. The first-order chi connectivity index (χ1) is 15.0. The first-order valence-electron chi connectivity index (χ1n) is 11.2. The van der Waals surface area contributed by atoms with Crippen LogP contribution in [0.4, 0.5) is 11.5 Å². The summed E-state index contributed by atoms with van der Waals surface area (Å²) in [6.45, 7) is 9.85. The van der Waals surface area contributed by atoms with Gasteiger partial charge in [-0.25, -0.2) is 9.67 Å². The summed E-state index contributed by atoms with van der Waals surface area (Å²) in [5.41, 5.74) is 3.16. The van der Waals surface area contributed by atoms with E-state index in [1.807, 2.05) is 10.9 Å². The fourth-order valence-electron chi connectivity index (χ4n) is 4.04. The second kappa shape index (κ2) is 8.41. The van der Waals surface area contributed by atoms with Crippen LogP contribution in [0.2, 0.25) is 0 Å². The molecule has 0 aromatic carbocycles. The fourth-order valence-corrected chi connectivity index (χ4v) is 5.15. The van der Waals surface area contributed by atoms with Gasteiger partial charge in [0.05, 0.1) is 39.7 Å². The largest absolute Gasteiger partial charge is 0.383 e. The maximum absolute atomic E-state index is 6.00. The molecular formula is C23H31N5O2S. The van der Waals surface area contributed by atoms with Gasteiger partial charge in [-0.1, -0.05) is 0 Å². The molecule has 166 valence electrons. The van der Waals surface area contributed by atoms with Crippen LogP contribution in [0, 0.1) is 5.92 Å². The zero-order valence-corrected chi connectivity index (χ0v) is 19.3. The molecule has 2 N–H and O–H groups in total. The van der Waals surface area contributed by atoms with E-state index in [1.165, 1.54) is 11.1 Å². The number of hydrogen-bond donors (Lipinski definition) is 2. The molecule has 0 spiro atoms. The van der Waals surface area contributed by atoms with Crippen molar-refractivity contribution in [1.29, 1.82) is 0 Å². The van der Waals surface area contributed by atoms with Crippen LogP contribution < -0.4 is 10.6 Å². The molecule has 0 radical (unpaired) electrons. The molecule has 1 atom stereocenters. The van der Waals surface area contributed by atoms with Gasteiger partial charge in [-0.15, -0.1) is 11.3 Å². The van der Waals surface area contributed by atoms with Crippen molar-refractivity contribution in [1.82, 2.24) is 14.8 Å². The van der Waals surface area contributed by atoms with Gasteiger partial charge in [0.25, 0.3) is 0 Å². The van der Waals surface area contributed by atoms with Crippen molar-refractivity contribution in [2.45, 2.75) is 51.8 Å². The van der Waals surface area contributed by atoms with Crippen molar-refractivity contribution in [2.24, 2.45) is 5.92 Å². The summed E-state index contributed by atoms with van der Waals surface area (Å²) in [5, 5.41) is 11.8. The molecule has 2 saturated heterocycles. The summed E-state index contributed by atoms with van der Waals surface area (Å²) >= 11 is 1.76. The molecule has 3 aromatic rings. The Hall–Kier alpha value is -2.16. The average Bonchev–Trinajstić information content (AvgIpc) is 3.33. The molecule has 2 fully saturated rings. The zero-order valence-electron chi connectivity index (χ0n) is 18.5. The molecule has 7 nitrogen and oxygen atoms in total. The van der Waals surface area contributed by atoms with E-state index in [0.717, 1.165) is 66.8 Å². The molecule has 1 unspecified atom stereocenters. The predicted octanol–water partition coefficient (Wildman–Crippen LogP) is 5.13. The number of fused-ring (bicyclic) bond motifs is 1. The molecule has 5 heterocycles. The van der Waals surface area contributed by atoms with Crippen LogP contribution in [-0.2, 0) is 9.47 Å². The first-order valence-corrected chi connectivity index (χ1v) is 12.0. The summed E-state index contributed by atoms with van der Waals surface area (Å²) < 4.78 is 14.5. The van der Waals surface area contributed by atoms with Crippen LogP contribution in [0.3, 0.4) is 0 Å². The van der Waals surface area contributed by atoms with Crippen molar-refractivity contribution < 1.29 is 9.47 Å². The average molecular weight is 442 g/mol. The van der Waals surface area contributed by atoms with E-state index >= 15 is 0 Å². The van der Waals surface area contributed by atoms with Crippen LogP contribution in [0.5, 0.6) is 0 Å². The number of ether oxygens (including phenoxy) is 2. The third-order valence-electron chi connectivity index (χ3n) is 5.62. The van der Waals surface area contributed by atoms with Gasteiger partial charge in [0.2, 0.25) is 0 Å². The minimum Gasteiger partial charge on any atom is -0.383 e. The minimum absolute atomic E-state index is 0.0197. The molecule has 31 heavy (non-hydrogen) atoms. The number of aromatic nitrogens is 3. The molecule has 3 aromatic heterocycles. The second-order valence-electron chi connectivity index (χ2n) is 9.52. The molecule has 0 saturated carbocycles. The maximum Gasteiger partial charge on any atom is 0.150 e. The van der Waals surface area contributed by atoms with Crippen LogP contribution in [-0.4, -0.2) is 46.7 Å². The van der Waals surface area contributed by atoms with Crippen LogP contribution in [0.15, 0.2) is 24.4 Å². The van der Waals surface area contributed by atoms with E-state index in [0.29, 0.717) is 5.92 Å². The molecule has 0 amide bonds. The SMILES string of the molecule is CC(C)(C)Nc1cc(NCC2COC2)c2sc(-c3ccnn3C3CCCCO3)cc2n1. The van der Waals surface area contributed by atoms with E-state index in [1.54, 1.807) is 11.3 Å². The van der Waals surface area contributed by atoms with Crippen molar-refractivity contribution >= 4 is 33.1 Å². The molecular weight excluding hydrogens is 410 g/mol. The lowest BCUT2D eigenvalue weighted by Gasteiger charge is -2.27. The van der Waals surface area contributed by atoms with E-state index < -0.39 is 0 Å². The smallest absolute Gasteiger partial charge is 0.150 e. The first kappa shape index (κ1) is 20.7. The third-order valence-corrected chi connectivity index (χ3v) is 6.80. The monoisotopic (exact) mass is 441 g/mol. The Labute approximate surface area is 187 Å². The summed E-state index contributed by atoms with van der Waals surface area (Å²) in [4.78, 5) is 6.09. The highest BCUT2D eigenvalue weighted by atomic mass is 32.1. The predicted molar refractivity (Wildman–Crippen MR) is 126 cm³/mol. The van der Waals surface area contributed by atoms with Gasteiger partial charge in [0, 0.05) is 36.9 Å². The lowest BCUT2D eigenvalue weighted by molar-refractivity contribution is -0.0383. The lowest BCUT2D eigenvalue weighted by Crippen LogP contribution is -2.33. The minimum atomic E-state index is -0.0600. The normalized spacial score (nSPS) is 20.0. The zero-order chi connectivity index (χ0) is 21.4. The lowest BCUT2D eigenvalue weighted by atomic mass is 10.1. The Morgan fingerprint density at radius 3 is 2.81 bits per heavy atom. The summed E-state index contributed by atoms with van der Waals surface area (Å²) in [6.07, 6.45) is 5.20. The highest BCUT2D eigenvalue weighted by Gasteiger charge is 2.23. The number of pyridine rings is 1. The molecule has 0 bridgehead atoms. The van der Waals surface area contributed by atoms with Crippen molar-refractivity contribution in [3.8, 4) is 10.6 Å². The van der Waals surface area contributed by atoms with Gasteiger partial charge in [0.15, 0.2) is 6.23 Å². The highest BCUT2D eigenvalue weighted by Crippen LogP contribution is 2.39.